The van der Waals surface area contributed by atoms with Gasteiger partial charge in [-0.2, -0.15) is 5.10 Å². The van der Waals surface area contributed by atoms with Crippen LogP contribution in [-0.2, 0) is 6.54 Å². The molecule has 29 heavy (non-hydrogen) atoms. The molecule has 2 aromatic heterocycles. The molecule has 0 aliphatic carbocycles. The SMILES string of the molecule is CN(C)Cc1ccc2nc(-c3[nH]ncc3NC(=O)c3c(F)cccc3F)[nH]c2c1. The molecule has 0 radical (unpaired) electrons. The standard InChI is InChI=1S/C20H18F2N6O/c1-28(2)10-11-6-7-14-15(8-11)25-19(24-14)18-16(9-23-27-18)26-20(29)17-12(21)4-3-5-13(17)22/h3-9H,10H2,1-2H3,(H,23,27)(H,24,25)(H,26,29). The molecule has 0 aliphatic heterocycles. The molecule has 0 fully saturated rings. The number of halogens is 2. The van der Waals surface area contributed by atoms with Crippen molar-refractivity contribution >= 4 is 22.6 Å². The van der Waals surface area contributed by atoms with Gasteiger partial charge >= 0.3 is 0 Å². The van der Waals surface area contributed by atoms with E-state index in [1.54, 1.807) is 0 Å². The van der Waals surface area contributed by atoms with Crippen LogP contribution < -0.4 is 5.32 Å². The van der Waals surface area contributed by atoms with Crippen LogP contribution in [0.4, 0.5) is 14.5 Å². The summed E-state index contributed by atoms with van der Waals surface area (Å²) in [7, 11) is 3.97. The van der Waals surface area contributed by atoms with Gasteiger partial charge in [-0.1, -0.05) is 12.1 Å². The van der Waals surface area contributed by atoms with Crippen molar-refractivity contribution in [3.05, 3.63) is 65.4 Å². The second-order valence-corrected chi connectivity index (χ2v) is 6.88. The molecular weight excluding hydrogens is 378 g/mol. The highest BCUT2D eigenvalue weighted by Crippen LogP contribution is 2.27. The Balaban J connectivity index is 1.65. The molecule has 4 aromatic rings. The van der Waals surface area contributed by atoms with Crippen LogP contribution in [0, 0.1) is 11.6 Å². The molecule has 148 valence electrons. The molecule has 2 aromatic carbocycles. The molecule has 0 aliphatic rings. The average Bonchev–Trinajstić information content (AvgIpc) is 3.27. The molecule has 0 saturated heterocycles. The van der Waals surface area contributed by atoms with Gasteiger partial charge in [-0.25, -0.2) is 13.8 Å². The largest absolute Gasteiger partial charge is 0.337 e. The number of nitrogens with one attached hydrogen (secondary N) is 3. The lowest BCUT2D eigenvalue weighted by atomic mass is 10.2. The van der Waals surface area contributed by atoms with Gasteiger partial charge in [-0.15, -0.1) is 0 Å². The van der Waals surface area contributed by atoms with Crippen molar-refractivity contribution in [3.8, 4) is 11.5 Å². The minimum absolute atomic E-state index is 0.255. The lowest BCUT2D eigenvalue weighted by molar-refractivity contribution is 0.101. The van der Waals surface area contributed by atoms with E-state index >= 15 is 0 Å². The summed E-state index contributed by atoms with van der Waals surface area (Å²) in [5.74, 6) is -2.34. The highest BCUT2D eigenvalue weighted by molar-refractivity contribution is 6.06. The molecule has 4 rings (SSSR count). The summed E-state index contributed by atoms with van der Waals surface area (Å²) in [5.41, 5.74) is 2.69. The first-order valence-electron chi connectivity index (χ1n) is 8.85. The Morgan fingerprint density at radius 1 is 1.17 bits per heavy atom. The number of amides is 1. The van der Waals surface area contributed by atoms with Gasteiger partial charge in [0.05, 0.1) is 22.9 Å². The minimum atomic E-state index is -0.940. The minimum Gasteiger partial charge on any atom is -0.337 e. The van der Waals surface area contributed by atoms with E-state index in [9.17, 15) is 13.6 Å². The molecule has 7 nitrogen and oxygen atoms in total. The van der Waals surface area contributed by atoms with Gasteiger partial charge in [-0.05, 0) is 43.9 Å². The fraction of sp³-hybridized carbons (Fsp3) is 0.150. The number of hydrogen-bond acceptors (Lipinski definition) is 4. The first kappa shape index (κ1) is 18.8. The second kappa shape index (κ2) is 7.44. The lowest BCUT2D eigenvalue weighted by Gasteiger charge is -2.08. The maximum Gasteiger partial charge on any atom is 0.261 e. The maximum atomic E-state index is 13.9. The van der Waals surface area contributed by atoms with Crippen molar-refractivity contribution in [2.24, 2.45) is 0 Å². The van der Waals surface area contributed by atoms with Gasteiger partial charge in [-0.3, -0.25) is 9.89 Å². The maximum absolute atomic E-state index is 13.9. The van der Waals surface area contributed by atoms with Crippen LogP contribution in [0.1, 0.15) is 15.9 Å². The number of carbonyl (C=O) groups is 1. The summed E-state index contributed by atoms with van der Waals surface area (Å²) in [6, 6.07) is 9.14. The van der Waals surface area contributed by atoms with Gasteiger partial charge in [0.2, 0.25) is 0 Å². The van der Waals surface area contributed by atoms with Crippen molar-refractivity contribution < 1.29 is 13.6 Å². The first-order valence-corrected chi connectivity index (χ1v) is 8.85. The molecular formula is C20H18F2N6O. The topological polar surface area (TPSA) is 89.7 Å². The van der Waals surface area contributed by atoms with Crippen LogP contribution in [0.25, 0.3) is 22.6 Å². The number of nitrogens with zero attached hydrogens (tertiary/aromatic N) is 3. The number of carbonyl (C=O) groups excluding carboxylic acids is 1. The molecule has 0 spiro atoms. The summed E-state index contributed by atoms with van der Waals surface area (Å²) in [4.78, 5) is 22.1. The van der Waals surface area contributed by atoms with Crippen LogP contribution in [0.3, 0.4) is 0 Å². The van der Waals surface area contributed by atoms with E-state index in [2.05, 4.69) is 30.4 Å². The number of hydrogen-bond donors (Lipinski definition) is 3. The number of benzene rings is 2. The molecule has 3 N–H and O–H groups in total. The highest BCUT2D eigenvalue weighted by atomic mass is 19.1. The Kier molecular flexibility index (Phi) is 4.81. The predicted molar refractivity (Wildman–Crippen MR) is 105 cm³/mol. The number of aromatic nitrogens is 4. The number of imidazole rings is 1. The molecule has 2 heterocycles. The van der Waals surface area contributed by atoms with E-state index in [4.69, 9.17) is 0 Å². The summed E-state index contributed by atoms with van der Waals surface area (Å²) >= 11 is 0. The van der Waals surface area contributed by atoms with Crippen molar-refractivity contribution in [1.29, 1.82) is 0 Å². The van der Waals surface area contributed by atoms with Crippen LogP contribution >= 0.6 is 0 Å². The number of H-pyrrole nitrogens is 2. The zero-order valence-corrected chi connectivity index (χ0v) is 15.8. The molecule has 0 saturated carbocycles. The van der Waals surface area contributed by atoms with E-state index < -0.39 is 23.1 Å². The molecule has 0 bridgehead atoms. The van der Waals surface area contributed by atoms with E-state index in [0.29, 0.717) is 11.5 Å². The van der Waals surface area contributed by atoms with E-state index in [1.165, 1.54) is 12.3 Å². The van der Waals surface area contributed by atoms with Crippen LogP contribution in [0.5, 0.6) is 0 Å². The van der Waals surface area contributed by atoms with Gasteiger partial charge in [0.25, 0.3) is 5.91 Å². The third kappa shape index (κ3) is 3.72. The normalized spacial score (nSPS) is 11.3. The van der Waals surface area contributed by atoms with Crippen LogP contribution in [0.2, 0.25) is 0 Å². The second-order valence-electron chi connectivity index (χ2n) is 6.88. The van der Waals surface area contributed by atoms with Crippen molar-refractivity contribution in [3.63, 3.8) is 0 Å². The number of aromatic amines is 2. The van der Waals surface area contributed by atoms with Gasteiger partial charge in [0.1, 0.15) is 22.9 Å². The zero-order chi connectivity index (χ0) is 20.5. The molecule has 0 unspecified atom stereocenters. The predicted octanol–water partition coefficient (Wildman–Crippen LogP) is 3.55. The number of fused-ring (bicyclic) bond motifs is 1. The monoisotopic (exact) mass is 396 g/mol. The van der Waals surface area contributed by atoms with Crippen molar-refractivity contribution in [1.82, 2.24) is 25.1 Å². The fourth-order valence-corrected chi connectivity index (χ4v) is 3.10. The average molecular weight is 396 g/mol. The van der Waals surface area contributed by atoms with Crippen LogP contribution in [-0.4, -0.2) is 45.1 Å². The first-order chi connectivity index (χ1) is 13.9. The Morgan fingerprint density at radius 3 is 2.66 bits per heavy atom. The Bertz CT molecular complexity index is 1180. The van der Waals surface area contributed by atoms with E-state index in [1.807, 2.05) is 32.3 Å². The lowest BCUT2D eigenvalue weighted by Crippen LogP contribution is -2.16. The van der Waals surface area contributed by atoms with E-state index in [0.717, 1.165) is 35.3 Å². The number of anilines is 1. The quantitative estimate of drug-likeness (QED) is 0.481. The number of rotatable bonds is 5. The Labute approximate surface area is 164 Å². The Morgan fingerprint density at radius 2 is 1.93 bits per heavy atom. The third-order valence-corrected chi connectivity index (χ3v) is 4.36. The third-order valence-electron chi connectivity index (χ3n) is 4.36. The molecule has 0 atom stereocenters. The van der Waals surface area contributed by atoms with Gasteiger partial charge in [0.15, 0.2) is 5.82 Å². The summed E-state index contributed by atoms with van der Waals surface area (Å²) < 4.78 is 27.7. The van der Waals surface area contributed by atoms with Crippen LogP contribution in [0.15, 0.2) is 42.6 Å². The summed E-state index contributed by atoms with van der Waals surface area (Å²) in [6.07, 6.45) is 1.36. The smallest absolute Gasteiger partial charge is 0.261 e. The zero-order valence-electron chi connectivity index (χ0n) is 15.8. The van der Waals surface area contributed by atoms with Crippen molar-refractivity contribution in [2.45, 2.75) is 6.54 Å². The van der Waals surface area contributed by atoms with Crippen molar-refractivity contribution in [2.75, 3.05) is 19.4 Å². The Hall–Kier alpha value is -3.59. The van der Waals surface area contributed by atoms with Gasteiger partial charge < -0.3 is 15.2 Å². The molecule has 1 amide bonds. The highest BCUT2D eigenvalue weighted by Gasteiger charge is 2.20. The summed E-state index contributed by atoms with van der Waals surface area (Å²) in [5, 5.41) is 9.17. The van der Waals surface area contributed by atoms with Gasteiger partial charge in [0, 0.05) is 6.54 Å². The summed E-state index contributed by atoms with van der Waals surface area (Å²) in [6.45, 7) is 0.782. The molecule has 9 heteroatoms. The fourth-order valence-electron chi connectivity index (χ4n) is 3.10. The van der Waals surface area contributed by atoms with E-state index in [-0.39, 0.29) is 5.69 Å².